The van der Waals surface area contributed by atoms with Gasteiger partial charge in [0.2, 0.25) is 0 Å². The van der Waals surface area contributed by atoms with Gasteiger partial charge in [-0.15, -0.1) is 0 Å². The molecule has 1 saturated carbocycles. The largest absolute Gasteiger partial charge is 0.391 e. The molecule has 1 aliphatic carbocycles. The fourth-order valence-electron chi connectivity index (χ4n) is 3.93. The minimum atomic E-state index is -0.147. The summed E-state index contributed by atoms with van der Waals surface area (Å²) in [6, 6.07) is 0.926. The lowest BCUT2D eigenvalue weighted by molar-refractivity contribution is -0.0465. The smallest absolute Gasteiger partial charge is 0.0695 e. The lowest BCUT2D eigenvalue weighted by atomic mass is 9.67. The lowest BCUT2D eigenvalue weighted by Gasteiger charge is -2.47. The third-order valence-electron chi connectivity index (χ3n) is 6.09. The van der Waals surface area contributed by atoms with Crippen molar-refractivity contribution in [2.24, 2.45) is 11.3 Å². The molecule has 1 N–H and O–H groups in total. The van der Waals surface area contributed by atoms with Crippen LogP contribution >= 0.6 is 0 Å². The number of ether oxygens (including phenoxy) is 1. The van der Waals surface area contributed by atoms with Gasteiger partial charge in [0.25, 0.3) is 0 Å². The molecule has 2 fully saturated rings. The van der Waals surface area contributed by atoms with Crippen molar-refractivity contribution in [1.29, 1.82) is 0 Å². The summed E-state index contributed by atoms with van der Waals surface area (Å²) in [6.07, 6.45) is 6.60. The molecule has 0 aromatic heterocycles. The Bertz CT molecular complexity index is 299. The zero-order valence-electron chi connectivity index (χ0n) is 13.8. The number of rotatable bonds is 4. The van der Waals surface area contributed by atoms with Gasteiger partial charge in [0, 0.05) is 25.3 Å². The first-order valence-electron chi connectivity index (χ1n) is 8.43. The van der Waals surface area contributed by atoms with Crippen molar-refractivity contribution in [2.75, 3.05) is 20.3 Å². The zero-order valence-corrected chi connectivity index (χ0v) is 13.8. The number of likely N-dealkylation sites (N-methyl/N-ethyl adjacent to an activating group) is 1. The Morgan fingerprint density at radius 3 is 2.40 bits per heavy atom. The third kappa shape index (κ3) is 3.55. The van der Waals surface area contributed by atoms with Crippen molar-refractivity contribution in [3.63, 3.8) is 0 Å². The molecule has 118 valence electrons. The predicted octanol–water partition coefficient (Wildman–Crippen LogP) is 3.06. The molecule has 0 amide bonds. The Kier molecular flexibility index (Phi) is 5.49. The number of aliphatic hydroxyl groups excluding tert-OH is 1. The summed E-state index contributed by atoms with van der Waals surface area (Å²) < 4.78 is 5.47. The minimum absolute atomic E-state index is 0.147. The number of hydrogen-bond acceptors (Lipinski definition) is 3. The average Bonchev–Trinajstić information content (AvgIpc) is 2.47. The van der Waals surface area contributed by atoms with Gasteiger partial charge >= 0.3 is 0 Å². The average molecular weight is 283 g/mol. The molecule has 3 heteroatoms. The van der Waals surface area contributed by atoms with Crippen molar-refractivity contribution in [3.05, 3.63) is 0 Å². The minimum Gasteiger partial charge on any atom is -0.391 e. The van der Waals surface area contributed by atoms with Crippen molar-refractivity contribution in [1.82, 2.24) is 4.90 Å². The number of hydrogen-bond donors (Lipinski definition) is 1. The highest BCUT2D eigenvalue weighted by Gasteiger charge is 2.39. The lowest BCUT2D eigenvalue weighted by Crippen LogP contribution is -2.52. The standard InChI is InChI=1S/C17H33NO2/c1-5-17(2,3)13-6-7-16(19)15(12-13)18(4)14-8-10-20-11-9-14/h13-16,19H,5-12H2,1-4H3. The SMILES string of the molecule is CCC(C)(C)C1CCC(O)C(N(C)C2CCOCC2)C1. The molecule has 20 heavy (non-hydrogen) atoms. The maximum Gasteiger partial charge on any atom is 0.0695 e. The van der Waals surface area contributed by atoms with Crippen molar-refractivity contribution < 1.29 is 9.84 Å². The summed E-state index contributed by atoms with van der Waals surface area (Å²) in [7, 11) is 2.21. The fourth-order valence-corrected chi connectivity index (χ4v) is 3.93. The highest BCUT2D eigenvalue weighted by atomic mass is 16.5. The quantitative estimate of drug-likeness (QED) is 0.860. The molecule has 3 atom stereocenters. The van der Waals surface area contributed by atoms with E-state index in [1.165, 1.54) is 12.8 Å². The highest BCUT2D eigenvalue weighted by molar-refractivity contribution is 4.92. The van der Waals surface area contributed by atoms with Gasteiger partial charge in [-0.2, -0.15) is 0 Å². The summed E-state index contributed by atoms with van der Waals surface area (Å²) in [4.78, 5) is 2.46. The molecule has 0 aromatic rings. The first kappa shape index (κ1) is 16.3. The van der Waals surface area contributed by atoms with Crippen LogP contribution in [0.4, 0.5) is 0 Å². The monoisotopic (exact) mass is 283 g/mol. The normalized spacial score (nSPS) is 33.6. The second-order valence-electron chi connectivity index (χ2n) is 7.50. The zero-order chi connectivity index (χ0) is 14.8. The van der Waals surface area contributed by atoms with Crippen LogP contribution in [0.25, 0.3) is 0 Å². The van der Waals surface area contributed by atoms with E-state index in [2.05, 4.69) is 32.7 Å². The van der Waals surface area contributed by atoms with Crippen LogP contribution in [0.1, 0.15) is 59.3 Å². The Hall–Kier alpha value is -0.120. The van der Waals surface area contributed by atoms with Crippen LogP contribution in [0, 0.1) is 11.3 Å². The van der Waals surface area contributed by atoms with Crippen LogP contribution in [0.2, 0.25) is 0 Å². The summed E-state index contributed by atoms with van der Waals surface area (Å²) in [5, 5.41) is 10.5. The fraction of sp³-hybridized carbons (Fsp3) is 1.00. The van der Waals surface area contributed by atoms with Gasteiger partial charge in [0.15, 0.2) is 0 Å². The molecule has 1 heterocycles. The molecular formula is C17H33NO2. The number of nitrogens with zero attached hydrogens (tertiary/aromatic N) is 1. The van der Waals surface area contributed by atoms with Crippen LogP contribution in [0.15, 0.2) is 0 Å². The van der Waals surface area contributed by atoms with Gasteiger partial charge in [-0.05, 0) is 50.5 Å². The van der Waals surface area contributed by atoms with E-state index in [9.17, 15) is 5.11 Å². The molecule has 2 rings (SSSR count). The Balaban J connectivity index is 2.00. The molecule has 3 nitrogen and oxygen atoms in total. The molecule has 0 aromatic carbocycles. The van der Waals surface area contributed by atoms with E-state index in [-0.39, 0.29) is 6.10 Å². The van der Waals surface area contributed by atoms with Crippen LogP contribution in [-0.4, -0.2) is 48.5 Å². The first-order valence-corrected chi connectivity index (χ1v) is 8.43. The molecule has 0 bridgehead atoms. The van der Waals surface area contributed by atoms with Gasteiger partial charge in [-0.25, -0.2) is 0 Å². The predicted molar refractivity (Wildman–Crippen MR) is 82.8 cm³/mol. The van der Waals surface area contributed by atoms with Crippen LogP contribution < -0.4 is 0 Å². The maximum absolute atomic E-state index is 10.5. The topological polar surface area (TPSA) is 32.7 Å². The van der Waals surface area contributed by atoms with Gasteiger partial charge in [0.05, 0.1) is 6.10 Å². The van der Waals surface area contributed by atoms with Crippen LogP contribution in [-0.2, 0) is 4.74 Å². The van der Waals surface area contributed by atoms with Crippen molar-refractivity contribution >= 4 is 0 Å². The van der Waals surface area contributed by atoms with Gasteiger partial charge < -0.3 is 9.84 Å². The number of aliphatic hydroxyl groups is 1. The maximum atomic E-state index is 10.5. The van der Waals surface area contributed by atoms with Crippen molar-refractivity contribution in [2.45, 2.75) is 77.5 Å². The Morgan fingerprint density at radius 1 is 1.15 bits per heavy atom. The Labute approximate surface area is 124 Å². The van der Waals surface area contributed by atoms with E-state index in [0.717, 1.165) is 44.8 Å². The highest BCUT2D eigenvalue weighted by Crippen LogP contribution is 2.42. The van der Waals surface area contributed by atoms with Crippen molar-refractivity contribution in [3.8, 4) is 0 Å². The Morgan fingerprint density at radius 2 is 1.80 bits per heavy atom. The van der Waals surface area contributed by atoms with E-state index in [0.29, 0.717) is 17.5 Å². The molecule has 0 radical (unpaired) electrons. The molecule has 1 saturated heterocycles. The second-order valence-corrected chi connectivity index (χ2v) is 7.50. The molecular weight excluding hydrogens is 250 g/mol. The van der Waals surface area contributed by atoms with Crippen LogP contribution in [0.5, 0.6) is 0 Å². The van der Waals surface area contributed by atoms with E-state index in [1.807, 2.05) is 0 Å². The second kappa shape index (κ2) is 6.76. The summed E-state index contributed by atoms with van der Waals surface area (Å²) >= 11 is 0. The summed E-state index contributed by atoms with van der Waals surface area (Å²) in [5.74, 6) is 0.739. The third-order valence-corrected chi connectivity index (χ3v) is 6.09. The summed E-state index contributed by atoms with van der Waals surface area (Å²) in [5.41, 5.74) is 0.398. The van der Waals surface area contributed by atoms with E-state index >= 15 is 0 Å². The van der Waals surface area contributed by atoms with Gasteiger partial charge in [-0.1, -0.05) is 27.2 Å². The van der Waals surface area contributed by atoms with E-state index in [1.54, 1.807) is 0 Å². The van der Waals surface area contributed by atoms with Gasteiger partial charge in [0.1, 0.15) is 0 Å². The van der Waals surface area contributed by atoms with E-state index < -0.39 is 0 Å². The van der Waals surface area contributed by atoms with Gasteiger partial charge in [-0.3, -0.25) is 4.90 Å². The molecule has 1 aliphatic heterocycles. The summed E-state index contributed by atoms with van der Waals surface area (Å²) in [6.45, 7) is 8.83. The molecule has 2 aliphatic rings. The first-order chi connectivity index (χ1) is 9.45. The molecule has 0 spiro atoms. The van der Waals surface area contributed by atoms with Crippen LogP contribution in [0.3, 0.4) is 0 Å². The van der Waals surface area contributed by atoms with E-state index in [4.69, 9.17) is 4.74 Å². The molecule has 3 unspecified atom stereocenters.